The molecular formula is C12H20ClN. The zero-order valence-corrected chi connectivity index (χ0v) is 10.2. The molecule has 0 radical (unpaired) electrons. The molecule has 0 heterocycles. The lowest BCUT2D eigenvalue weighted by atomic mass is 10.1. The first-order valence-corrected chi connectivity index (χ1v) is 4.78. The van der Waals surface area contributed by atoms with Crippen LogP contribution in [0.25, 0.3) is 0 Å². The first-order chi connectivity index (χ1) is 5.97. The van der Waals surface area contributed by atoms with Crippen LogP contribution in [0.4, 0.5) is 0 Å². The van der Waals surface area contributed by atoms with Crippen LogP contribution in [-0.4, -0.2) is 5.54 Å². The highest BCUT2D eigenvalue weighted by Crippen LogP contribution is 2.05. The second-order valence-electron chi connectivity index (χ2n) is 4.59. The molecule has 0 amide bonds. The zero-order valence-electron chi connectivity index (χ0n) is 9.42. The van der Waals surface area contributed by atoms with Crippen LogP contribution >= 0.6 is 12.4 Å². The molecule has 80 valence electrons. The number of hydrogen-bond donors (Lipinski definition) is 1. The minimum atomic E-state index is 0. The standard InChI is InChI=1S/C12H19N.ClH/c1-10-5-7-11(8-6-10)9-13-12(2,3)4;/h5-8,13H,9H2,1-4H3;1H. The monoisotopic (exact) mass is 213 g/mol. The second kappa shape index (κ2) is 5.38. The van der Waals surface area contributed by atoms with Gasteiger partial charge in [0.15, 0.2) is 0 Å². The van der Waals surface area contributed by atoms with E-state index in [1.807, 2.05) is 0 Å². The average Bonchev–Trinajstić information content (AvgIpc) is 2.02. The average molecular weight is 214 g/mol. The van der Waals surface area contributed by atoms with E-state index in [1.54, 1.807) is 0 Å². The fourth-order valence-electron chi connectivity index (χ4n) is 1.07. The molecule has 0 aliphatic rings. The van der Waals surface area contributed by atoms with Crippen molar-refractivity contribution >= 4 is 12.4 Å². The summed E-state index contributed by atoms with van der Waals surface area (Å²) in [4.78, 5) is 0. The molecule has 0 saturated carbocycles. The number of rotatable bonds is 2. The first-order valence-electron chi connectivity index (χ1n) is 4.78. The van der Waals surface area contributed by atoms with Crippen LogP contribution in [0.2, 0.25) is 0 Å². The van der Waals surface area contributed by atoms with Crippen molar-refractivity contribution in [2.75, 3.05) is 0 Å². The predicted molar refractivity (Wildman–Crippen MR) is 65.0 cm³/mol. The Bertz CT molecular complexity index is 259. The van der Waals surface area contributed by atoms with Crippen LogP contribution in [0, 0.1) is 6.92 Å². The van der Waals surface area contributed by atoms with E-state index in [2.05, 4.69) is 57.3 Å². The van der Waals surface area contributed by atoms with E-state index in [4.69, 9.17) is 0 Å². The molecule has 1 rings (SSSR count). The molecule has 1 N–H and O–H groups in total. The van der Waals surface area contributed by atoms with E-state index in [0.29, 0.717) is 0 Å². The van der Waals surface area contributed by atoms with Crippen molar-refractivity contribution in [3.05, 3.63) is 35.4 Å². The van der Waals surface area contributed by atoms with Gasteiger partial charge in [0, 0.05) is 12.1 Å². The number of hydrogen-bond acceptors (Lipinski definition) is 1. The molecule has 0 aliphatic heterocycles. The molecule has 0 atom stereocenters. The van der Waals surface area contributed by atoms with E-state index in [1.165, 1.54) is 11.1 Å². The maximum absolute atomic E-state index is 3.46. The van der Waals surface area contributed by atoms with Gasteiger partial charge in [0.25, 0.3) is 0 Å². The first kappa shape index (κ1) is 13.5. The van der Waals surface area contributed by atoms with E-state index in [0.717, 1.165) is 6.54 Å². The summed E-state index contributed by atoms with van der Waals surface area (Å²) in [5, 5.41) is 3.46. The third kappa shape index (κ3) is 5.25. The molecule has 0 spiro atoms. The maximum Gasteiger partial charge on any atom is 0.0210 e. The normalized spacial score (nSPS) is 10.9. The minimum absolute atomic E-state index is 0. The van der Waals surface area contributed by atoms with Crippen molar-refractivity contribution < 1.29 is 0 Å². The largest absolute Gasteiger partial charge is 0.308 e. The topological polar surface area (TPSA) is 12.0 Å². The molecular weight excluding hydrogens is 194 g/mol. The second-order valence-corrected chi connectivity index (χ2v) is 4.59. The smallest absolute Gasteiger partial charge is 0.0210 e. The minimum Gasteiger partial charge on any atom is -0.308 e. The molecule has 0 aromatic heterocycles. The molecule has 1 aromatic rings. The third-order valence-corrected chi connectivity index (χ3v) is 1.94. The molecule has 1 aromatic carbocycles. The fraction of sp³-hybridized carbons (Fsp3) is 0.500. The van der Waals surface area contributed by atoms with Crippen molar-refractivity contribution in [2.24, 2.45) is 0 Å². The molecule has 0 unspecified atom stereocenters. The van der Waals surface area contributed by atoms with Gasteiger partial charge in [-0.2, -0.15) is 0 Å². The van der Waals surface area contributed by atoms with Gasteiger partial charge in [-0.1, -0.05) is 29.8 Å². The van der Waals surface area contributed by atoms with E-state index < -0.39 is 0 Å². The van der Waals surface area contributed by atoms with Crippen molar-refractivity contribution in [3.8, 4) is 0 Å². The Hall–Kier alpha value is -0.530. The Morgan fingerprint density at radius 2 is 1.57 bits per heavy atom. The lowest BCUT2D eigenvalue weighted by Crippen LogP contribution is -2.35. The van der Waals surface area contributed by atoms with Crippen LogP contribution in [0.1, 0.15) is 31.9 Å². The Kier molecular flexibility index (Phi) is 5.17. The summed E-state index contributed by atoms with van der Waals surface area (Å²) >= 11 is 0. The molecule has 0 saturated heterocycles. The Balaban J connectivity index is 0.00000169. The van der Waals surface area contributed by atoms with Crippen LogP contribution in [0.5, 0.6) is 0 Å². The lowest BCUT2D eigenvalue weighted by Gasteiger charge is -2.20. The van der Waals surface area contributed by atoms with Crippen molar-refractivity contribution in [2.45, 2.75) is 39.8 Å². The highest BCUT2D eigenvalue weighted by molar-refractivity contribution is 5.85. The molecule has 0 fully saturated rings. The van der Waals surface area contributed by atoms with Gasteiger partial charge in [-0.05, 0) is 33.3 Å². The third-order valence-electron chi connectivity index (χ3n) is 1.94. The van der Waals surface area contributed by atoms with Gasteiger partial charge >= 0.3 is 0 Å². The van der Waals surface area contributed by atoms with Gasteiger partial charge in [0.2, 0.25) is 0 Å². The SMILES string of the molecule is Cc1ccc(CNC(C)(C)C)cc1.Cl. The zero-order chi connectivity index (χ0) is 9.90. The molecule has 2 heteroatoms. The number of benzene rings is 1. The quantitative estimate of drug-likeness (QED) is 0.795. The van der Waals surface area contributed by atoms with Gasteiger partial charge in [0.05, 0.1) is 0 Å². The van der Waals surface area contributed by atoms with Gasteiger partial charge in [0.1, 0.15) is 0 Å². The Morgan fingerprint density at radius 1 is 1.07 bits per heavy atom. The molecule has 0 bridgehead atoms. The fourth-order valence-corrected chi connectivity index (χ4v) is 1.07. The Labute approximate surface area is 93.3 Å². The number of aryl methyl sites for hydroxylation is 1. The van der Waals surface area contributed by atoms with Crippen LogP contribution in [-0.2, 0) is 6.54 Å². The van der Waals surface area contributed by atoms with Crippen LogP contribution in [0.15, 0.2) is 24.3 Å². The van der Waals surface area contributed by atoms with Crippen LogP contribution in [0.3, 0.4) is 0 Å². The van der Waals surface area contributed by atoms with Crippen molar-refractivity contribution in [1.82, 2.24) is 5.32 Å². The lowest BCUT2D eigenvalue weighted by molar-refractivity contribution is 0.424. The summed E-state index contributed by atoms with van der Waals surface area (Å²) in [7, 11) is 0. The van der Waals surface area contributed by atoms with Gasteiger partial charge in [-0.3, -0.25) is 0 Å². The predicted octanol–water partition coefficient (Wildman–Crippen LogP) is 3.30. The molecule has 14 heavy (non-hydrogen) atoms. The van der Waals surface area contributed by atoms with E-state index in [-0.39, 0.29) is 17.9 Å². The summed E-state index contributed by atoms with van der Waals surface area (Å²) in [5.74, 6) is 0. The maximum atomic E-state index is 3.46. The van der Waals surface area contributed by atoms with Gasteiger partial charge in [-0.25, -0.2) is 0 Å². The number of nitrogens with one attached hydrogen (secondary N) is 1. The summed E-state index contributed by atoms with van der Waals surface area (Å²) in [6.07, 6.45) is 0. The highest BCUT2D eigenvalue weighted by Gasteiger charge is 2.07. The summed E-state index contributed by atoms with van der Waals surface area (Å²) in [6.45, 7) is 9.61. The van der Waals surface area contributed by atoms with Crippen molar-refractivity contribution in [1.29, 1.82) is 0 Å². The molecule has 0 aliphatic carbocycles. The van der Waals surface area contributed by atoms with Gasteiger partial charge in [-0.15, -0.1) is 12.4 Å². The summed E-state index contributed by atoms with van der Waals surface area (Å²) in [5.41, 5.74) is 2.87. The highest BCUT2D eigenvalue weighted by atomic mass is 35.5. The number of halogens is 1. The summed E-state index contributed by atoms with van der Waals surface area (Å²) < 4.78 is 0. The Morgan fingerprint density at radius 3 is 2.00 bits per heavy atom. The van der Waals surface area contributed by atoms with E-state index >= 15 is 0 Å². The van der Waals surface area contributed by atoms with Crippen molar-refractivity contribution in [3.63, 3.8) is 0 Å². The van der Waals surface area contributed by atoms with E-state index in [9.17, 15) is 0 Å². The molecule has 1 nitrogen and oxygen atoms in total. The summed E-state index contributed by atoms with van der Waals surface area (Å²) in [6, 6.07) is 8.65. The van der Waals surface area contributed by atoms with Gasteiger partial charge < -0.3 is 5.32 Å². The van der Waals surface area contributed by atoms with Crippen LogP contribution < -0.4 is 5.32 Å².